The standard InChI is InChI=1S/C18H16BrN3O/c1-22-12-15(13-6-8-20-9-7-13)10-17(22)18(23)21-11-14-4-2-3-5-16(14)19/h2-10,12H,11H2,1H3,(H,21,23). The van der Waals surface area contributed by atoms with Crippen LogP contribution >= 0.6 is 15.9 Å². The molecule has 0 aliphatic carbocycles. The summed E-state index contributed by atoms with van der Waals surface area (Å²) in [5.74, 6) is -0.0939. The van der Waals surface area contributed by atoms with Gasteiger partial charge in [0.05, 0.1) is 0 Å². The van der Waals surface area contributed by atoms with Gasteiger partial charge < -0.3 is 9.88 Å². The molecule has 4 nitrogen and oxygen atoms in total. The van der Waals surface area contributed by atoms with Crippen LogP contribution in [0.3, 0.4) is 0 Å². The minimum absolute atomic E-state index is 0.0939. The zero-order valence-corrected chi connectivity index (χ0v) is 14.2. The molecule has 0 spiro atoms. The number of amides is 1. The zero-order valence-electron chi connectivity index (χ0n) is 12.7. The van der Waals surface area contributed by atoms with E-state index in [1.807, 2.05) is 60.3 Å². The summed E-state index contributed by atoms with van der Waals surface area (Å²) in [7, 11) is 1.87. The first-order valence-electron chi connectivity index (χ1n) is 7.23. The number of pyridine rings is 1. The number of rotatable bonds is 4. The Morgan fingerprint density at radius 2 is 1.91 bits per heavy atom. The van der Waals surface area contributed by atoms with Gasteiger partial charge >= 0.3 is 0 Å². The van der Waals surface area contributed by atoms with Gasteiger partial charge in [-0.1, -0.05) is 34.1 Å². The molecule has 1 amide bonds. The lowest BCUT2D eigenvalue weighted by atomic mass is 10.1. The van der Waals surface area contributed by atoms with Crippen molar-refractivity contribution >= 4 is 21.8 Å². The van der Waals surface area contributed by atoms with Crippen LogP contribution in [0.15, 0.2) is 65.5 Å². The van der Waals surface area contributed by atoms with Crippen molar-refractivity contribution in [2.24, 2.45) is 7.05 Å². The third-order valence-corrected chi connectivity index (χ3v) is 4.42. The molecule has 5 heteroatoms. The number of hydrogen-bond acceptors (Lipinski definition) is 2. The van der Waals surface area contributed by atoms with Crippen LogP contribution < -0.4 is 5.32 Å². The van der Waals surface area contributed by atoms with Crippen molar-refractivity contribution in [3.8, 4) is 11.1 Å². The third-order valence-electron chi connectivity index (χ3n) is 3.65. The summed E-state index contributed by atoms with van der Waals surface area (Å²) in [6.45, 7) is 0.482. The average molecular weight is 370 g/mol. The lowest BCUT2D eigenvalue weighted by Crippen LogP contribution is -2.24. The van der Waals surface area contributed by atoms with Crippen molar-refractivity contribution in [2.45, 2.75) is 6.54 Å². The van der Waals surface area contributed by atoms with E-state index in [0.29, 0.717) is 12.2 Å². The Labute approximate surface area is 143 Å². The summed E-state index contributed by atoms with van der Waals surface area (Å²) >= 11 is 3.49. The Morgan fingerprint density at radius 3 is 2.65 bits per heavy atom. The lowest BCUT2D eigenvalue weighted by molar-refractivity contribution is 0.0942. The number of hydrogen-bond donors (Lipinski definition) is 1. The second kappa shape index (κ2) is 6.79. The first-order chi connectivity index (χ1) is 11.1. The van der Waals surface area contributed by atoms with Crippen molar-refractivity contribution in [2.75, 3.05) is 0 Å². The summed E-state index contributed by atoms with van der Waals surface area (Å²) in [5.41, 5.74) is 3.72. The van der Waals surface area contributed by atoms with E-state index in [-0.39, 0.29) is 5.91 Å². The van der Waals surface area contributed by atoms with Crippen molar-refractivity contribution < 1.29 is 4.79 Å². The molecule has 0 saturated heterocycles. The van der Waals surface area contributed by atoms with Crippen molar-refractivity contribution in [1.29, 1.82) is 0 Å². The van der Waals surface area contributed by atoms with Gasteiger partial charge in [0.25, 0.3) is 5.91 Å². The van der Waals surface area contributed by atoms with E-state index in [4.69, 9.17) is 0 Å². The minimum atomic E-state index is -0.0939. The third kappa shape index (κ3) is 3.51. The van der Waals surface area contributed by atoms with Gasteiger partial charge in [-0.25, -0.2) is 0 Å². The molecule has 3 rings (SSSR count). The highest BCUT2D eigenvalue weighted by molar-refractivity contribution is 9.10. The van der Waals surface area contributed by atoms with Gasteiger partial charge in [0.1, 0.15) is 5.69 Å². The summed E-state index contributed by atoms with van der Waals surface area (Å²) in [4.78, 5) is 16.5. The summed E-state index contributed by atoms with van der Waals surface area (Å²) < 4.78 is 2.83. The monoisotopic (exact) mass is 369 g/mol. The SMILES string of the molecule is Cn1cc(-c2ccncc2)cc1C(=O)NCc1ccccc1Br. The van der Waals surface area contributed by atoms with E-state index in [2.05, 4.69) is 26.2 Å². The van der Waals surface area contributed by atoms with Crippen LogP contribution in [0.1, 0.15) is 16.1 Å². The topological polar surface area (TPSA) is 46.9 Å². The summed E-state index contributed by atoms with van der Waals surface area (Å²) in [6, 6.07) is 13.6. The van der Waals surface area contributed by atoms with E-state index in [1.54, 1.807) is 12.4 Å². The fourth-order valence-corrected chi connectivity index (χ4v) is 2.83. The maximum atomic E-state index is 12.4. The zero-order chi connectivity index (χ0) is 16.2. The largest absolute Gasteiger partial charge is 0.347 e. The highest BCUT2D eigenvalue weighted by atomic mass is 79.9. The molecule has 0 atom stereocenters. The van der Waals surface area contributed by atoms with Gasteiger partial charge in [0.2, 0.25) is 0 Å². The van der Waals surface area contributed by atoms with Gasteiger partial charge in [-0.2, -0.15) is 0 Å². The van der Waals surface area contributed by atoms with Crippen LogP contribution in [-0.4, -0.2) is 15.5 Å². The van der Waals surface area contributed by atoms with Crippen molar-refractivity contribution in [3.05, 3.63) is 76.8 Å². The van der Waals surface area contributed by atoms with Crippen LogP contribution in [0.25, 0.3) is 11.1 Å². The minimum Gasteiger partial charge on any atom is -0.347 e. The highest BCUT2D eigenvalue weighted by Gasteiger charge is 2.13. The molecule has 0 fully saturated rings. The number of carbonyl (C=O) groups is 1. The molecule has 0 bridgehead atoms. The second-order valence-electron chi connectivity index (χ2n) is 5.23. The molecule has 0 saturated carbocycles. The Kier molecular flexibility index (Phi) is 4.57. The van der Waals surface area contributed by atoms with Gasteiger partial charge in [0.15, 0.2) is 0 Å². The number of nitrogens with zero attached hydrogens (tertiary/aromatic N) is 2. The van der Waals surface area contributed by atoms with Gasteiger partial charge in [-0.3, -0.25) is 9.78 Å². The number of nitrogens with one attached hydrogen (secondary N) is 1. The molecule has 0 radical (unpaired) electrons. The highest BCUT2D eigenvalue weighted by Crippen LogP contribution is 2.21. The van der Waals surface area contributed by atoms with Gasteiger partial charge in [-0.15, -0.1) is 0 Å². The van der Waals surface area contributed by atoms with Crippen molar-refractivity contribution in [1.82, 2.24) is 14.9 Å². The summed E-state index contributed by atoms with van der Waals surface area (Å²) in [5, 5.41) is 2.96. The maximum Gasteiger partial charge on any atom is 0.268 e. The van der Waals surface area contributed by atoms with E-state index in [9.17, 15) is 4.79 Å². The molecule has 0 aliphatic heterocycles. The quantitative estimate of drug-likeness (QED) is 0.760. The molecule has 3 aromatic rings. The lowest BCUT2D eigenvalue weighted by Gasteiger charge is -2.07. The molecular formula is C18H16BrN3O. The fraction of sp³-hybridized carbons (Fsp3) is 0.111. The Balaban J connectivity index is 1.75. The predicted molar refractivity (Wildman–Crippen MR) is 94.0 cm³/mol. The number of aromatic nitrogens is 2. The molecule has 0 aliphatic rings. The predicted octanol–water partition coefficient (Wildman–Crippen LogP) is 3.78. The van der Waals surface area contributed by atoms with E-state index in [1.165, 1.54) is 0 Å². The maximum absolute atomic E-state index is 12.4. The first-order valence-corrected chi connectivity index (χ1v) is 8.03. The Bertz CT molecular complexity index is 827. The molecule has 23 heavy (non-hydrogen) atoms. The van der Waals surface area contributed by atoms with Crippen LogP contribution in [0.2, 0.25) is 0 Å². The van der Waals surface area contributed by atoms with E-state index < -0.39 is 0 Å². The molecule has 2 heterocycles. The van der Waals surface area contributed by atoms with Gasteiger partial charge in [-0.05, 0) is 35.4 Å². The molecule has 0 unspecified atom stereocenters. The summed E-state index contributed by atoms with van der Waals surface area (Å²) in [6.07, 6.45) is 5.44. The van der Waals surface area contributed by atoms with Crippen LogP contribution in [0.4, 0.5) is 0 Å². The number of halogens is 1. The van der Waals surface area contributed by atoms with Gasteiger partial charge in [0, 0.05) is 42.2 Å². The van der Waals surface area contributed by atoms with E-state index in [0.717, 1.165) is 21.2 Å². The van der Waals surface area contributed by atoms with Crippen molar-refractivity contribution in [3.63, 3.8) is 0 Å². The Morgan fingerprint density at radius 1 is 1.17 bits per heavy atom. The molecule has 2 aromatic heterocycles. The van der Waals surface area contributed by atoms with Crippen LogP contribution in [-0.2, 0) is 13.6 Å². The normalized spacial score (nSPS) is 10.5. The number of aryl methyl sites for hydroxylation is 1. The molecular weight excluding hydrogens is 354 g/mol. The van der Waals surface area contributed by atoms with Crippen LogP contribution in [0.5, 0.6) is 0 Å². The average Bonchev–Trinajstić information content (AvgIpc) is 2.97. The second-order valence-corrected chi connectivity index (χ2v) is 6.09. The van der Waals surface area contributed by atoms with Crippen LogP contribution in [0, 0.1) is 0 Å². The first kappa shape index (κ1) is 15.5. The molecule has 1 aromatic carbocycles. The molecule has 1 N–H and O–H groups in total. The van der Waals surface area contributed by atoms with E-state index >= 15 is 0 Å². The molecule has 116 valence electrons. The fourth-order valence-electron chi connectivity index (χ4n) is 2.40. The Hall–Kier alpha value is -2.40. The number of carbonyl (C=O) groups excluding carboxylic acids is 1. The number of benzene rings is 1. The smallest absolute Gasteiger partial charge is 0.268 e.